The summed E-state index contributed by atoms with van der Waals surface area (Å²) >= 11 is 0. The summed E-state index contributed by atoms with van der Waals surface area (Å²) in [6.07, 6.45) is 10.5. The van der Waals surface area contributed by atoms with Gasteiger partial charge in [-0.1, -0.05) is 19.9 Å². The Hall–Kier alpha value is -0.340. The Kier molecular flexibility index (Phi) is 2.67. The lowest BCUT2D eigenvalue weighted by Gasteiger charge is -2.71. The lowest BCUT2D eigenvalue weighted by molar-refractivity contribution is -0.220. The van der Waals surface area contributed by atoms with E-state index in [0.717, 1.165) is 11.8 Å². The zero-order chi connectivity index (χ0) is 15.2. The number of aliphatic hydroxyl groups is 1. The summed E-state index contributed by atoms with van der Waals surface area (Å²) in [5.74, 6) is 2.24. The van der Waals surface area contributed by atoms with E-state index in [2.05, 4.69) is 18.8 Å². The van der Waals surface area contributed by atoms with Crippen molar-refractivity contribution in [2.45, 2.75) is 64.4 Å². The number of hydrogen-bond acceptors (Lipinski definition) is 2. The third-order valence-electron chi connectivity index (χ3n) is 9.09. The van der Waals surface area contributed by atoms with Gasteiger partial charge >= 0.3 is 0 Å². The highest BCUT2D eigenvalue weighted by atomic mass is 16.3. The van der Waals surface area contributed by atoms with Gasteiger partial charge in [0.2, 0.25) is 0 Å². The molecular formula is C20H31NO. The van der Waals surface area contributed by atoms with Crippen molar-refractivity contribution in [1.82, 2.24) is 5.32 Å². The minimum atomic E-state index is -0.213. The molecular weight excluding hydrogens is 270 g/mol. The zero-order valence-electron chi connectivity index (χ0n) is 14.0. The van der Waals surface area contributed by atoms with Crippen LogP contribution in [0.2, 0.25) is 0 Å². The number of piperidine rings is 1. The maximum Gasteiger partial charge on any atom is 0.0809 e. The van der Waals surface area contributed by atoms with Gasteiger partial charge in [0, 0.05) is 18.5 Å². The van der Waals surface area contributed by atoms with Crippen LogP contribution in [0.1, 0.15) is 58.3 Å². The molecule has 7 atom stereocenters. The normalized spacial score (nSPS) is 59.8. The molecule has 22 heavy (non-hydrogen) atoms. The highest BCUT2D eigenvalue weighted by molar-refractivity contribution is 5.27. The van der Waals surface area contributed by atoms with Crippen molar-refractivity contribution in [2.75, 3.05) is 13.1 Å². The van der Waals surface area contributed by atoms with Crippen molar-refractivity contribution in [3.8, 4) is 0 Å². The first-order chi connectivity index (χ1) is 10.5. The van der Waals surface area contributed by atoms with E-state index in [4.69, 9.17) is 0 Å². The molecule has 5 aliphatic carbocycles. The van der Waals surface area contributed by atoms with Crippen molar-refractivity contribution >= 4 is 0 Å². The smallest absolute Gasteiger partial charge is 0.0809 e. The van der Waals surface area contributed by atoms with Gasteiger partial charge in [0.15, 0.2) is 0 Å². The molecule has 6 fully saturated rings. The third kappa shape index (κ3) is 1.41. The standard InChI is InChI=1S/C20H31NO/c1-13-14-4-8-19(17(13)22)9-5-15-18(2)6-3-7-20(15,12-21-11-18)16(19)10-14/h14-17,21-22H,1,3-12H2,2H3/t14-,15+,16+,17+,18-,19-,20-/m0/s1. The number of nitrogens with one attached hydrogen (secondary N) is 1. The molecule has 2 nitrogen and oxygen atoms in total. The molecule has 1 spiro atoms. The van der Waals surface area contributed by atoms with Crippen LogP contribution in [0.25, 0.3) is 0 Å². The number of fused-ring (bicyclic) bond motifs is 2. The van der Waals surface area contributed by atoms with Crippen LogP contribution < -0.4 is 5.32 Å². The SMILES string of the molecule is C=C1[C@H]2CC[C@@]3(CC[C@@H]4[C@@]5(C)CCC[C@@]4(CNC5)[C@@H]3C2)[C@@H]1O. The second kappa shape index (κ2) is 4.19. The Morgan fingerprint density at radius 1 is 1.05 bits per heavy atom. The maximum absolute atomic E-state index is 11.1. The Bertz CT molecular complexity index is 516. The van der Waals surface area contributed by atoms with E-state index in [0.29, 0.717) is 16.7 Å². The number of rotatable bonds is 0. The molecule has 0 aromatic rings. The van der Waals surface area contributed by atoms with E-state index in [1.165, 1.54) is 70.0 Å². The van der Waals surface area contributed by atoms with Gasteiger partial charge < -0.3 is 10.4 Å². The first-order valence-corrected chi connectivity index (χ1v) is 9.59. The van der Waals surface area contributed by atoms with Crippen LogP contribution in [0.4, 0.5) is 0 Å². The van der Waals surface area contributed by atoms with E-state index in [9.17, 15) is 5.11 Å². The fourth-order valence-electron chi connectivity index (χ4n) is 8.21. The molecule has 2 heteroatoms. The largest absolute Gasteiger partial charge is 0.388 e. The van der Waals surface area contributed by atoms with Crippen LogP contribution in [0.3, 0.4) is 0 Å². The summed E-state index contributed by atoms with van der Waals surface area (Å²) in [4.78, 5) is 0. The first kappa shape index (κ1) is 14.0. The van der Waals surface area contributed by atoms with E-state index >= 15 is 0 Å². The predicted molar refractivity (Wildman–Crippen MR) is 88.4 cm³/mol. The van der Waals surface area contributed by atoms with E-state index in [1.807, 2.05) is 0 Å². The second-order valence-electron chi connectivity index (χ2n) is 9.67. The Balaban J connectivity index is 1.63. The molecule has 0 unspecified atom stereocenters. The average Bonchev–Trinajstić information content (AvgIpc) is 2.50. The van der Waals surface area contributed by atoms with Crippen LogP contribution >= 0.6 is 0 Å². The second-order valence-corrected chi connectivity index (χ2v) is 9.67. The lowest BCUT2D eigenvalue weighted by atomic mass is 9.35. The molecule has 6 aliphatic rings. The molecule has 5 saturated carbocycles. The van der Waals surface area contributed by atoms with Crippen LogP contribution in [0.15, 0.2) is 12.2 Å². The van der Waals surface area contributed by atoms with Crippen molar-refractivity contribution in [2.24, 2.45) is 34.0 Å². The average molecular weight is 301 g/mol. The predicted octanol–water partition coefficient (Wildman–Crippen LogP) is 3.51. The van der Waals surface area contributed by atoms with Gasteiger partial charge in [-0.3, -0.25) is 0 Å². The van der Waals surface area contributed by atoms with Gasteiger partial charge in [-0.2, -0.15) is 0 Å². The molecule has 0 radical (unpaired) electrons. The Labute approximate surface area is 134 Å². The van der Waals surface area contributed by atoms with Crippen molar-refractivity contribution in [3.05, 3.63) is 12.2 Å². The van der Waals surface area contributed by atoms with Gasteiger partial charge in [-0.05, 0) is 79.1 Å². The van der Waals surface area contributed by atoms with Crippen molar-refractivity contribution in [1.29, 1.82) is 0 Å². The number of aliphatic hydroxyl groups excluding tert-OH is 1. The van der Waals surface area contributed by atoms with Crippen LogP contribution in [-0.4, -0.2) is 24.3 Å². The summed E-state index contributed by atoms with van der Waals surface area (Å²) in [7, 11) is 0. The van der Waals surface area contributed by atoms with E-state index in [1.54, 1.807) is 0 Å². The minimum absolute atomic E-state index is 0.180. The van der Waals surface area contributed by atoms with Gasteiger partial charge in [-0.15, -0.1) is 0 Å². The molecule has 0 aromatic carbocycles. The Morgan fingerprint density at radius 3 is 2.73 bits per heavy atom. The molecule has 2 N–H and O–H groups in total. The molecule has 122 valence electrons. The summed E-state index contributed by atoms with van der Waals surface area (Å²) in [6.45, 7) is 9.27. The minimum Gasteiger partial charge on any atom is -0.388 e. The van der Waals surface area contributed by atoms with Gasteiger partial charge in [-0.25, -0.2) is 0 Å². The fourth-order valence-corrected chi connectivity index (χ4v) is 8.21. The maximum atomic E-state index is 11.1. The zero-order valence-corrected chi connectivity index (χ0v) is 14.0. The van der Waals surface area contributed by atoms with Crippen LogP contribution in [0, 0.1) is 34.0 Å². The van der Waals surface area contributed by atoms with E-state index in [-0.39, 0.29) is 11.5 Å². The molecule has 0 amide bonds. The highest BCUT2D eigenvalue weighted by Crippen LogP contribution is 2.72. The summed E-state index contributed by atoms with van der Waals surface area (Å²) < 4.78 is 0. The topological polar surface area (TPSA) is 32.3 Å². The molecule has 4 bridgehead atoms. The van der Waals surface area contributed by atoms with Crippen molar-refractivity contribution < 1.29 is 5.11 Å². The third-order valence-corrected chi connectivity index (χ3v) is 9.09. The van der Waals surface area contributed by atoms with Crippen LogP contribution in [-0.2, 0) is 0 Å². The summed E-state index contributed by atoms with van der Waals surface area (Å²) in [5.41, 5.74) is 2.35. The highest BCUT2D eigenvalue weighted by Gasteiger charge is 2.68. The van der Waals surface area contributed by atoms with Gasteiger partial charge in [0.05, 0.1) is 6.10 Å². The number of hydrogen-bond donors (Lipinski definition) is 2. The first-order valence-electron chi connectivity index (χ1n) is 9.59. The summed E-state index contributed by atoms with van der Waals surface area (Å²) in [5, 5.41) is 14.9. The fraction of sp³-hybridized carbons (Fsp3) is 0.900. The van der Waals surface area contributed by atoms with Crippen LogP contribution in [0.5, 0.6) is 0 Å². The van der Waals surface area contributed by atoms with Gasteiger partial charge in [0.25, 0.3) is 0 Å². The lowest BCUT2D eigenvalue weighted by Crippen LogP contribution is -2.70. The quantitative estimate of drug-likeness (QED) is 0.671. The summed E-state index contributed by atoms with van der Waals surface area (Å²) in [6, 6.07) is 0. The van der Waals surface area contributed by atoms with E-state index < -0.39 is 0 Å². The monoisotopic (exact) mass is 301 g/mol. The molecule has 0 aromatic heterocycles. The van der Waals surface area contributed by atoms with Gasteiger partial charge in [0.1, 0.15) is 0 Å². The molecule has 6 rings (SSSR count). The molecule has 1 saturated heterocycles. The van der Waals surface area contributed by atoms with Crippen molar-refractivity contribution in [3.63, 3.8) is 0 Å². The Morgan fingerprint density at radius 2 is 1.86 bits per heavy atom. The molecule has 1 aliphatic heterocycles. The molecule has 1 heterocycles.